The largest absolute Gasteiger partial charge is 0.391 e. The molecule has 16 heavy (non-hydrogen) atoms. The number of hydrogen-bond donors (Lipinski definition) is 2. The molecule has 84 valence electrons. The molecular formula is C11H12ClN3O. The Morgan fingerprint density at radius 1 is 1.69 bits per heavy atom. The van der Waals surface area contributed by atoms with E-state index in [2.05, 4.69) is 10.3 Å². The lowest BCUT2D eigenvalue weighted by Gasteiger charge is -2.12. The summed E-state index contributed by atoms with van der Waals surface area (Å²) in [5, 5.41) is 21.7. The number of rotatable bonds is 4. The van der Waals surface area contributed by atoms with Gasteiger partial charge in [0, 0.05) is 12.7 Å². The fourth-order valence-corrected chi connectivity index (χ4v) is 1.72. The molecule has 1 aromatic heterocycles. The molecule has 0 aliphatic heterocycles. The molecule has 2 rings (SSSR count). The first kappa shape index (κ1) is 11.2. The van der Waals surface area contributed by atoms with Crippen molar-refractivity contribution in [2.75, 3.05) is 11.9 Å². The highest BCUT2D eigenvalue weighted by molar-refractivity contribution is 6.34. The van der Waals surface area contributed by atoms with Crippen LogP contribution in [0.5, 0.6) is 0 Å². The van der Waals surface area contributed by atoms with Crippen LogP contribution in [0.4, 0.5) is 5.82 Å². The summed E-state index contributed by atoms with van der Waals surface area (Å²) in [7, 11) is 0. The number of hydrogen-bond acceptors (Lipinski definition) is 4. The van der Waals surface area contributed by atoms with Crippen LogP contribution in [0.3, 0.4) is 0 Å². The van der Waals surface area contributed by atoms with Crippen molar-refractivity contribution in [3.05, 3.63) is 22.8 Å². The highest BCUT2D eigenvalue weighted by atomic mass is 35.5. The normalized spacial score (nSPS) is 16.6. The van der Waals surface area contributed by atoms with E-state index in [9.17, 15) is 5.11 Å². The molecule has 0 saturated heterocycles. The Labute approximate surface area is 98.9 Å². The summed E-state index contributed by atoms with van der Waals surface area (Å²) in [6, 6.07) is 3.54. The Morgan fingerprint density at radius 3 is 3.06 bits per heavy atom. The highest BCUT2D eigenvalue weighted by Gasteiger charge is 2.29. The fourth-order valence-electron chi connectivity index (χ4n) is 1.50. The molecule has 1 aromatic rings. The predicted molar refractivity (Wildman–Crippen MR) is 61.2 cm³/mol. The van der Waals surface area contributed by atoms with Gasteiger partial charge in [0.2, 0.25) is 0 Å². The van der Waals surface area contributed by atoms with E-state index < -0.39 is 0 Å². The maximum absolute atomic E-state index is 9.67. The molecule has 1 unspecified atom stereocenters. The summed E-state index contributed by atoms with van der Waals surface area (Å²) in [6.45, 7) is 0.423. The van der Waals surface area contributed by atoms with Gasteiger partial charge in [0.05, 0.1) is 11.7 Å². The van der Waals surface area contributed by atoms with Crippen molar-refractivity contribution in [3.8, 4) is 6.07 Å². The molecule has 0 radical (unpaired) electrons. The van der Waals surface area contributed by atoms with Crippen molar-refractivity contribution >= 4 is 17.4 Å². The Kier molecular flexibility index (Phi) is 3.28. The van der Waals surface area contributed by atoms with Crippen molar-refractivity contribution in [2.24, 2.45) is 5.92 Å². The van der Waals surface area contributed by atoms with Gasteiger partial charge in [-0.05, 0) is 24.8 Å². The summed E-state index contributed by atoms with van der Waals surface area (Å²) < 4.78 is 0. The van der Waals surface area contributed by atoms with Gasteiger partial charge in [-0.15, -0.1) is 0 Å². The summed E-state index contributed by atoms with van der Waals surface area (Å²) in [5.41, 5.74) is 0.389. The van der Waals surface area contributed by atoms with Gasteiger partial charge >= 0.3 is 0 Å². The molecule has 1 aliphatic carbocycles. The molecule has 1 saturated carbocycles. The van der Waals surface area contributed by atoms with E-state index >= 15 is 0 Å². The standard InChI is InChI=1S/C11H12ClN3O/c12-10-8(5-13)3-4-14-11(10)15-6-9(16)7-1-2-7/h3-4,7,9,16H,1-2,6H2,(H,14,15). The van der Waals surface area contributed by atoms with Crippen molar-refractivity contribution < 1.29 is 5.11 Å². The number of halogens is 1. The second kappa shape index (κ2) is 4.69. The van der Waals surface area contributed by atoms with Gasteiger partial charge in [0.15, 0.2) is 0 Å². The molecule has 0 spiro atoms. The van der Waals surface area contributed by atoms with Gasteiger partial charge in [-0.2, -0.15) is 5.26 Å². The van der Waals surface area contributed by atoms with Crippen LogP contribution >= 0.6 is 11.6 Å². The lowest BCUT2D eigenvalue weighted by molar-refractivity contribution is 0.164. The quantitative estimate of drug-likeness (QED) is 0.838. The molecule has 0 aromatic carbocycles. The third-order valence-corrected chi connectivity index (χ3v) is 3.04. The van der Waals surface area contributed by atoms with E-state index in [1.165, 1.54) is 6.20 Å². The van der Waals surface area contributed by atoms with Gasteiger partial charge in [0.1, 0.15) is 16.9 Å². The van der Waals surface area contributed by atoms with E-state index in [0.29, 0.717) is 28.9 Å². The van der Waals surface area contributed by atoms with E-state index in [1.54, 1.807) is 6.07 Å². The van der Waals surface area contributed by atoms with Crippen LogP contribution in [0.15, 0.2) is 12.3 Å². The van der Waals surface area contributed by atoms with E-state index in [1.807, 2.05) is 6.07 Å². The van der Waals surface area contributed by atoms with Gasteiger partial charge in [-0.25, -0.2) is 4.98 Å². The Hall–Kier alpha value is -1.31. The maximum atomic E-state index is 9.67. The first-order valence-corrected chi connectivity index (χ1v) is 5.56. The lowest BCUT2D eigenvalue weighted by Crippen LogP contribution is -2.22. The second-order valence-electron chi connectivity index (χ2n) is 3.92. The van der Waals surface area contributed by atoms with Crippen LogP contribution in [-0.4, -0.2) is 22.7 Å². The molecule has 1 aliphatic rings. The second-order valence-corrected chi connectivity index (χ2v) is 4.30. The monoisotopic (exact) mass is 237 g/mol. The lowest BCUT2D eigenvalue weighted by atomic mass is 10.2. The first-order valence-electron chi connectivity index (χ1n) is 5.19. The zero-order valence-electron chi connectivity index (χ0n) is 8.65. The minimum atomic E-state index is -0.358. The smallest absolute Gasteiger partial charge is 0.146 e. The van der Waals surface area contributed by atoms with Crippen LogP contribution in [0.1, 0.15) is 18.4 Å². The van der Waals surface area contributed by atoms with Gasteiger partial charge < -0.3 is 10.4 Å². The van der Waals surface area contributed by atoms with Crippen molar-refractivity contribution in [2.45, 2.75) is 18.9 Å². The molecule has 2 N–H and O–H groups in total. The molecule has 4 nitrogen and oxygen atoms in total. The summed E-state index contributed by atoms with van der Waals surface area (Å²) in [5.74, 6) is 0.867. The minimum Gasteiger partial charge on any atom is -0.391 e. The number of nitrogens with one attached hydrogen (secondary N) is 1. The van der Waals surface area contributed by atoms with Crippen molar-refractivity contribution in [1.82, 2.24) is 4.98 Å². The zero-order valence-corrected chi connectivity index (χ0v) is 9.41. The highest BCUT2D eigenvalue weighted by Crippen LogP contribution is 2.32. The maximum Gasteiger partial charge on any atom is 0.146 e. The molecule has 5 heteroatoms. The first-order chi connectivity index (χ1) is 7.72. The van der Waals surface area contributed by atoms with Crippen LogP contribution in [0.2, 0.25) is 5.02 Å². The predicted octanol–water partition coefficient (Wildman–Crippen LogP) is 1.79. The average Bonchev–Trinajstić information content (AvgIpc) is 3.11. The minimum absolute atomic E-state index is 0.313. The van der Waals surface area contributed by atoms with Gasteiger partial charge in [-0.1, -0.05) is 11.6 Å². The fraction of sp³-hybridized carbons (Fsp3) is 0.455. The van der Waals surface area contributed by atoms with Crippen LogP contribution in [0, 0.1) is 17.2 Å². The molecule has 1 fully saturated rings. The molecule has 0 bridgehead atoms. The third kappa shape index (κ3) is 2.43. The molecule has 0 amide bonds. The van der Waals surface area contributed by atoms with E-state index in [4.69, 9.17) is 16.9 Å². The molecule has 1 atom stereocenters. The number of aromatic nitrogens is 1. The number of pyridine rings is 1. The average molecular weight is 238 g/mol. The van der Waals surface area contributed by atoms with E-state index in [-0.39, 0.29) is 6.10 Å². The molecular weight excluding hydrogens is 226 g/mol. The van der Waals surface area contributed by atoms with Crippen LogP contribution < -0.4 is 5.32 Å². The zero-order chi connectivity index (χ0) is 11.5. The number of anilines is 1. The number of nitrogens with zero attached hydrogens (tertiary/aromatic N) is 2. The Bertz CT molecular complexity index is 426. The van der Waals surface area contributed by atoms with Crippen LogP contribution in [-0.2, 0) is 0 Å². The number of nitriles is 1. The van der Waals surface area contributed by atoms with Gasteiger partial charge in [0.25, 0.3) is 0 Å². The SMILES string of the molecule is N#Cc1ccnc(NCC(O)C2CC2)c1Cl. The summed E-state index contributed by atoms with van der Waals surface area (Å²) >= 11 is 5.96. The Balaban J connectivity index is 2.01. The Morgan fingerprint density at radius 2 is 2.44 bits per heavy atom. The number of aliphatic hydroxyl groups is 1. The van der Waals surface area contributed by atoms with E-state index in [0.717, 1.165) is 12.8 Å². The number of aliphatic hydroxyl groups excluding tert-OH is 1. The topological polar surface area (TPSA) is 68.9 Å². The summed E-state index contributed by atoms with van der Waals surface area (Å²) in [6.07, 6.45) is 3.34. The van der Waals surface area contributed by atoms with Gasteiger partial charge in [-0.3, -0.25) is 0 Å². The molecule has 1 heterocycles. The summed E-state index contributed by atoms with van der Waals surface area (Å²) in [4.78, 5) is 4.03. The van der Waals surface area contributed by atoms with Crippen molar-refractivity contribution in [3.63, 3.8) is 0 Å². The van der Waals surface area contributed by atoms with Crippen LogP contribution in [0.25, 0.3) is 0 Å². The third-order valence-electron chi connectivity index (χ3n) is 2.65. The van der Waals surface area contributed by atoms with Crippen molar-refractivity contribution in [1.29, 1.82) is 5.26 Å².